The standard InChI is InChI=1S/C12H27N3S/c1-4-16-8-5-12(9-13)15-7-6-14(3)11(2)10-15/h11-12H,4-10,13H2,1-3H3. The van der Waals surface area contributed by atoms with Crippen LogP contribution in [0.15, 0.2) is 0 Å². The molecule has 1 aliphatic heterocycles. The zero-order valence-corrected chi connectivity index (χ0v) is 11.8. The van der Waals surface area contributed by atoms with Crippen LogP contribution in [-0.4, -0.2) is 66.6 Å². The third-order valence-electron chi connectivity index (χ3n) is 3.58. The Morgan fingerprint density at radius 1 is 1.44 bits per heavy atom. The van der Waals surface area contributed by atoms with Gasteiger partial charge in [0.15, 0.2) is 0 Å². The third kappa shape index (κ3) is 4.24. The molecule has 1 aliphatic rings. The summed E-state index contributed by atoms with van der Waals surface area (Å²) < 4.78 is 0. The van der Waals surface area contributed by atoms with Crippen LogP contribution in [0.3, 0.4) is 0 Å². The molecule has 2 atom stereocenters. The molecule has 3 nitrogen and oxygen atoms in total. The van der Waals surface area contributed by atoms with Crippen molar-refractivity contribution in [3.05, 3.63) is 0 Å². The minimum atomic E-state index is 0.593. The molecule has 1 fully saturated rings. The SMILES string of the molecule is CCSCCC(CN)N1CCN(C)C(C)C1. The van der Waals surface area contributed by atoms with E-state index < -0.39 is 0 Å². The first kappa shape index (κ1) is 14.3. The molecule has 16 heavy (non-hydrogen) atoms. The Morgan fingerprint density at radius 2 is 2.19 bits per heavy atom. The van der Waals surface area contributed by atoms with Gasteiger partial charge in [0.1, 0.15) is 0 Å². The summed E-state index contributed by atoms with van der Waals surface area (Å²) in [5.74, 6) is 2.47. The van der Waals surface area contributed by atoms with Crippen molar-refractivity contribution in [1.82, 2.24) is 9.80 Å². The average Bonchev–Trinajstić information content (AvgIpc) is 2.29. The molecule has 2 N–H and O–H groups in total. The first-order chi connectivity index (χ1) is 7.69. The lowest BCUT2D eigenvalue weighted by molar-refractivity contribution is 0.0734. The Hall–Kier alpha value is 0.230. The van der Waals surface area contributed by atoms with Gasteiger partial charge in [0, 0.05) is 38.3 Å². The first-order valence-corrected chi connectivity index (χ1v) is 7.56. The molecular formula is C12H27N3S. The van der Waals surface area contributed by atoms with Gasteiger partial charge in [-0.3, -0.25) is 4.90 Å². The van der Waals surface area contributed by atoms with Gasteiger partial charge in [-0.25, -0.2) is 0 Å². The van der Waals surface area contributed by atoms with E-state index in [1.807, 2.05) is 11.8 Å². The number of piperazine rings is 1. The van der Waals surface area contributed by atoms with Crippen molar-refractivity contribution >= 4 is 11.8 Å². The van der Waals surface area contributed by atoms with Gasteiger partial charge in [-0.15, -0.1) is 0 Å². The third-order valence-corrected chi connectivity index (χ3v) is 4.51. The fourth-order valence-electron chi connectivity index (χ4n) is 2.22. The molecule has 1 heterocycles. The molecule has 0 amide bonds. The molecular weight excluding hydrogens is 218 g/mol. The molecule has 96 valence electrons. The molecule has 0 radical (unpaired) electrons. The second-order valence-corrected chi connectivity index (χ2v) is 6.09. The molecule has 0 aromatic carbocycles. The van der Waals surface area contributed by atoms with Crippen molar-refractivity contribution in [2.75, 3.05) is 44.7 Å². The van der Waals surface area contributed by atoms with Crippen LogP contribution in [-0.2, 0) is 0 Å². The van der Waals surface area contributed by atoms with E-state index in [1.54, 1.807) is 0 Å². The fraction of sp³-hybridized carbons (Fsp3) is 1.00. The highest BCUT2D eigenvalue weighted by molar-refractivity contribution is 7.99. The van der Waals surface area contributed by atoms with Gasteiger partial charge in [0.2, 0.25) is 0 Å². The Labute approximate surface area is 105 Å². The summed E-state index contributed by atoms with van der Waals surface area (Å²) in [6.45, 7) is 8.87. The normalized spacial score (nSPS) is 25.9. The Kier molecular flexibility index (Phi) is 6.73. The van der Waals surface area contributed by atoms with Gasteiger partial charge in [-0.2, -0.15) is 11.8 Å². The molecule has 4 heteroatoms. The smallest absolute Gasteiger partial charge is 0.0227 e. The van der Waals surface area contributed by atoms with Gasteiger partial charge in [-0.05, 0) is 31.9 Å². The summed E-state index contributed by atoms with van der Waals surface area (Å²) in [4.78, 5) is 5.02. The molecule has 0 aromatic heterocycles. The lowest BCUT2D eigenvalue weighted by atomic mass is 10.1. The van der Waals surface area contributed by atoms with Gasteiger partial charge in [0.25, 0.3) is 0 Å². The maximum atomic E-state index is 5.90. The maximum absolute atomic E-state index is 5.90. The summed E-state index contributed by atoms with van der Waals surface area (Å²) in [5, 5.41) is 0. The van der Waals surface area contributed by atoms with E-state index in [0.29, 0.717) is 12.1 Å². The number of nitrogens with two attached hydrogens (primary N) is 1. The Bertz CT molecular complexity index is 189. The van der Waals surface area contributed by atoms with E-state index in [1.165, 1.54) is 37.6 Å². The van der Waals surface area contributed by atoms with Gasteiger partial charge in [0.05, 0.1) is 0 Å². The maximum Gasteiger partial charge on any atom is 0.0227 e. The van der Waals surface area contributed by atoms with Crippen LogP contribution >= 0.6 is 11.8 Å². The van der Waals surface area contributed by atoms with Crippen LogP contribution < -0.4 is 5.73 Å². The minimum absolute atomic E-state index is 0.593. The van der Waals surface area contributed by atoms with Crippen molar-refractivity contribution in [2.24, 2.45) is 5.73 Å². The number of thioether (sulfide) groups is 1. The van der Waals surface area contributed by atoms with Crippen molar-refractivity contribution in [1.29, 1.82) is 0 Å². The van der Waals surface area contributed by atoms with E-state index in [-0.39, 0.29) is 0 Å². The van der Waals surface area contributed by atoms with Crippen molar-refractivity contribution in [3.63, 3.8) is 0 Å². The van der Waals surface area contributed by atoms with E-state index in [4.69, 9.17) is 5.73 Å². The largest absolute Gasteiger partial charge is 0.329 e. The zero-order valence-electron chi connectivity index (χ0n) is 11.0. The van der Waals surface area contributed by atoms with Crippen LogP contribution in [0.5, 0.6) is 0 Å². The van der Waals surface area contributed by atoms with Crippen LogP contribution in [0.25, 0.3) is 0 Å². The minimum Gasteiger partial charge on any atom is -0.329 e. The lowest BCUT2D eigenvalue weighted by Crippen LogP contribution is -2.55. The van der Waals surface area contributed by atoms with E-state index >= 15 is 0 Å². The van der Waals surface area contributed by atoms with E-state index in [0.717, 1.165) is 6.54 Å². The highest BCUT2D eigenvalue weighted by Gasteiger charge is 2.25. The van der Waals surface area contributed by atoms with Crippen LogP contribution in [0.2, 0.25) is 0 Å². The molecule has 0 saturated carbocycles. The second-order valence-electron chi connectivity index (χ2n) is 4.70. The highest BCUT2D eigenvalue weighted by atomic mass is 32.2. The zero-order chi connectivity index (χ0) is 12.0. The predicted octanol–water partition coefficient (Wildman–Crippen LogP) is 1.09. The molecule has 0 spiro atoms. The topological polar surface area (TPSA) is 32.5 Å². The summed E-state index contributed by atoms with van der Waals surface area (Å²) in [5.41, 5.74) is 5.90. The summed E-state index contributed by atoms with van der Waals surface area (Å²) in [7, 11) is 2.21. The number of hydrogen-bond donors (Lipinski definition) is 1. The molecule has 2 unspecified atom stereocenters. The van der Waals surface area contributed by atoms with Crippen molar-refractivity contribution in [2.45, 2.75) is 32.4 Å². The number of rotatable bonds is 6. The van der Waals surface area contributed by atoms with Gasteiger partial charge >= 0.3 is 0 Å². The quantitative estimate of drug-likeness (QED) is 0.710. The highest BCUT2D eigenvalue weighted by Crippen LogP contribution is 2.14. The predicted molar refractivity (Wildman–Crippen MR) is 74.1 cm³/mol. The van der Waals surface area contributed by atoms with Crippen LogP contribution in [0, 0.1) is 0 Å². The summed E-state index contributed by atoms with van der Waals surface area (Å²) in [6, 6.07) is 1.26. The summed E-state index contributed by atoms with van der Waals surface area (Å²) in [6.07, 6.45) is 1.24. The summed E-state index contributed by atoms with van der Waals surface area (Å²) >= 11 is 2.02. The van der Waals surface area contributed by atoms with E-state index in [9.17, 15) is 0 Å². The number of likely N-dealkylation sites (N-methyl/N-ethyl adjacent to an activating group) is 1. The lowest BCUT2D eigenvalue weighted by Gasteiger charge is -2.41. The Balaban J connectivity index is 2.34. The van der Waals surface area contributed by atoms with Crippen LogP contribution in [0.1, 0.15) is 20.3 Å². The molecule has 0 aliphatic carbocycles. The first-order valence-electron chi connectivity index (χ1n) is 6.41. The van der Waals surface area contributed by atoms with Gasteiger partial charge in [-0.1, -0.05) is 6.92 Å². The second kappa shape index (κ2) is 7.54. The molecule has 1 rings (SSSR count). The van der Waals surface area contributed by atoms with Gasteiger partial charge < -0.3 is 10.6 Å². The van der Waals surface area contributed by atoms with Crippen molar-refractivity contribution in [3.8, 4) is 0 Å². The van der Waals surface area contributed by atoms with Crippen molar-refractivity contribution < 1.29 is 0 Å². The molecule has 1 saturated heterocycles. The monoisotopic (exact) mass is 245 g/mol. The van der Waals surface area contributed by atoms with Crippen LogP contribution in [0.4, 0.5) is 0 Å². The number of nitrogens with zero attached hydrogens (tertiary/aromatic N) is 2. The fourth-order valence-corrected chi connectivity index (χ4v) is 2.95. The molecule has 0 aromatic rings. The van der Waals surface area contributed by atoms with E-state index in [2.05, 4.69) is 30.7 Å². The molecule has 0 bridgehead atoms. The Morgan fingerprint density at radius 3 is 2.75 bits per heavy atom. The number of hydrogen-bond acceptors (Lipinski definition) is 4. The average molecular weight is 245 g/mol.